The molecule has 0 aliphatic carbocycles. The maximum Gasteiger partial charge on any atom is 0.123 e. The summed E-state index contributed by atoms with van der Waals surface area (Å²) in [7, 11) is 1.99. The van der Waals surface area contributed by atoms with E-state index < -0.39 is 0 Å². The summed E-state index contributed by atoms with van der Waals surface area (Å²) in [4.78, 5) is 0. The molecule has 2 heteroatoms. The number of hydrogen-bond acceptors (Lipinski definition) is 1. The van der Waals surface area contributed by atoms with Gasteiger partial charge in [0, 0.05) is 6.54 Å². The number of unbranched alkanes of at least 4 members (excludes halogenated alkanes) is 1. The van der Waals surface area contributed by atoms with Crippen LogP contribution in [0.1, 0.15) is 57.4 Å². The van der Waals surface area contributed by atoms with Gasteiger partial charge in [0.2, 0.25) is 0 Å². The van der Waals surface area contributed by atoms with E-state index in [-0.39, 0.29) is 5.82 Å². The van der Waals surface area contributed by atoms with Crippen LogP contribution in [-0.4, -0.2) is 13.6 Å². The minimum absolute atomic E-state index is 0.148. The van der Waals surface area contributed by atoms with Crippen molar-refractivity contribution in [3.05, 3.63) is 35.6 Å². The number of likely N-dealkylation sites (N-methyl/N-ethyl adjacent to an activating group) is 1. The van der Waals surface area contributed by atoms with Crippen LogP contribution in [0.4, 0.5) is 4.39 Å². The lowest BCUT2D eigenvalue weighted by atomic mass is 9.85. The number of halogens is 1. The van der Waals surface area contributed by atoms with Gasteiger partial charge in [-0.2, -0.15) is 0 Å². The van der Waals surface area contributed by atoms with Crippen molar-refractivity contribution in [3.63, 3.8) is 0 Å². The Hall–Kier alpha value is -0.890. The molecular weight excluding hydrogens is 237 g/mol. The van der Waals surface area contributed by atoms with Gasteiger partial charge < -0.3 is 5.32 Å². The SMILES string of the molecule is CCCCC(CC)CC(CNC)c1ccc(F)cc1. The molecule has 1 aromatic carbocycles. The summed E-state index contributed by atoms with van der Waals surface area (Å²) in [6.45, 7) is 5.49. The first-order valence-electron chi connectivity index (χ1n) is 7.61. The summed E-state index contributed by atoms with van der Waals surface area (Å²) < 4.78 is 13.0. The van der Waals surface area contributed by atoms with Crippen molar-refractivity contribution < 1.29 is 4.39 Å². The Kier molecular flexibility index (Phi) is 7.73. The maximum atomic E-state index is 13.0. The number of nitrogens with one attached hydrogen (secondary N) is 1. The summed E-state index contributed by atoms with van der Waals surface area (Å²) in [6.07, 6.45) is 6.33. The molecule has 0 fully saturated rings. The summed E-state index contributed by atoms with van der Waals surface area (Å²) in [5, 5.41) is 3.27. The van der Waals surface area contributed by atoms with Crippen LogP contribution in [0.3, 0.4) is 0 Å². The van der Waals surface area contributed by atoms with Crippen LogP contribution in [0.25, 0.3) is 0 Å². The summed E-state index contributed by atoms with van der Waals surface area (Å²) in [5.74, 6) is 1.13. The van der Waals surface area contributed by atoms with E-state index in [4.69, 9.17) is 0 Å². The minimum Gasteiger partial charge on any atom is -0.319 e. The fourth-order valence-corrected chi connectivity index (χ4v) is 2.70. The zero-order chi connectivity index (χ0) is 14.1. The third-order valence-corrected chi connectivity index (χ3v) is 3.95. The van der Waals surface area contributed by atoms with E-state index in [2.05, 4.69) is 19.2 Å². The van der Waals surface area contributed by atoms with Crippen LogP contribution in [0.5, 0.6) is 0 Å². The van der Waals surface area contributed by atoms with Gasteiger partial charge in [-0.3, -0.25) is 0 Å². The molecule has 0 aliphatic rings. The third-order valence-electron chi connectivity index (χ3n) is 3.95. The van der Waals surface area contributed by atoms with Crippen LogP contribution in [0.15, 0.2) is 24.3 Å². The van der Waals surface area contributed by atoms with Crippen molar-refractivity contribution in [1.29, 1.82) is 0 Å². The van der Waals surface area contributed by atoms with Crippen LogP contribution in [0, 0.1) is 11.7 Å². The number of rotatable bonds is 9. The molecule has 0 spiro atoms. The van der Waals surface area contributed by atoms with E-state index in [9.17, 15) is 4.39 Å². The van der Waals surface area contributed by atoms with Gasteiger partial charge in [-0.1, -0.05) is 51.7 Å². The van der Waals surface area contributed by atoms with Crippen molar-refractivity contribution in [2.75, 3.05) is 13.6 Å². The topological polar surface area (TPSA) is 12.0 Å². The lowest BCUT2D eigenvalue weighted by Crippen LogP contribution is -2.20. The van der Waals surface area contributed by atoms with Crippen molar-refractivity contribution in [2.24, 2.45) is 5.92 Å². The molecule has 0 saturated carbocycles. The number of hydrogen-bond donors (Lipinski definition) is 1. The Labute approximate surface area is 117 Å². The molecule has 1 N–H and O–H groups in total. The van der Waals surface area contributed by atoms with Gasteiger partial charge in [-0.15, -0.1) is 0 Å². The molecule has 1 aromatic rings. The van der Waals surface area contributed by atoms with E-state index in [1.54, 1.807) is 12.1 Å². The van der Waals surface area contributed by atoms with Gasteiger partial charge in [0.05, 0.1) is 0 Å². The van der Waals surface area contributed by atoms with Gasteiger partial charge in [-0.25, -0.2) is 4.39 Å². The normalized spacial score (nSPS) is 14.3. The molecule has 108 valence electrons. The van der Waals surface area contributed by atoms with Gasteiger partial charge >= 0.3 is 0 Å². The van der Waals surface area contributed by atoms with E-state index in [0.717, 1.165) is 12.5 Å². The summed E-state index contributed by atoms with van der Waals surface area (Å²) in [5.41, 5.74) is 1.26. The van der Waals surface area contributed by atoms with E-state index in [1.165, 1.54) is 37.7 Å². The second-order valence-electron chi connectivity index (χ2n) is 5.46. The molecule has 1 nitrogen and oxygen atoms in total. The zero-order valence-electron chi connectivity index (χ0n) is 12.6. The molecule has 2 atom stereocenters. The molecular formula is C17H28FN. The highest BCUT2D eigenvalue weighted by Crippen LogP contribution is 2.28. The van der Waals surface area contributed by atoms with Crippen LogP contribution in [-0.2, 0) is 0 Å². The Morgan fingerprint density at radius 1 is 1.16 bits per heavy atom. The van der Waals surface area contributed by atoms with Crippen LogP contribution >= 0.6 is 0 Å². The molecule has 0 aliphatic heterocycles. The quantitative estimate of drug-likeness (QED) is 0.680. The summed E-state index contributed by atoms with van der Waals surface area (Å²) >= 11 is 0. The standard InChI is InChI=1S/C17H28FN/c1-4-6-7-14(5-2)12-16(13-19-3)15-8-10-17(18)11-9-15/h8-11,14,16,19H,4-7,12-13H2,1-3H3. The second-order valence-corrected chi connectivity index (χ2v) is 5.46. The van der Waals surface area contributed by atoms with Crippen molar-refractivity contribution >= 4 is 0 Å². The van der Waals surface area contributed by atoms with Gasteiger partial charge in [0.1, 0.15) is 5.82 Å². The van der Waals surface area contributed by atoms with Gasteiger partial charge in [-0.05, 0) is 43.0 Å². The average Bonchev–Trinajstić information content (AvgIpc) is 2.43. The fourth-order valence-electron chi connectivity index (χ4n) is 2.70. The minimum atomic E-state index is -0.148. The predicted octanol–water partition coefficient (Wildman–Crippen LogP) is 4.74. The Balaban J connectivity index is 2.67. The molecule has 19 heavy (non-hydrogen) atoms. The van der Waals surface area contributed by atoms with Gasteiger partial charge in [0.25, 0.3) is 0 Å². The third kappa shape index (κ3) is 5.73. The molecule has 0 radical (unpaired) electrons. The molecule has 0 amide bonds. The monoisotopic (exact) mass is 265 g/mol. The lowest BCUT2D eigenvalue weighted by Gasteiger charge is -2.23. The highest BCUT2D eigenvalue weighted by molar-refractivity contribution is 5.21. The zero-order valence-corrected chi connectivity index (χ0v) is 12.6. The molecule has 1 rings (SSSR count). The van der Waals surface area contributed by atoms with Crippen LogP contribution < -0.4 is 5.32 Å². The average molecular weight is 265 g/mol. The van der Waals surface area contributed by atoms with E-state index in [1.807, 2.05) is 19.2 Å². The Morgan fingerprint density at radius 2 is 1.84 bits per heavy atom. The first-order valence-corrected chi connectivity index (χ1v) is 7.61. The predicted molar refractivity (Wildman–Crippen MR) is 81.0 cm³/mol. The first kappa shape index (κ1) is 16.2. The van der Waals surface area contributed by atoms with E-state index in [0.29, 0.717) is 5.92 Å². The molecule has 0 heterocycles. The highest BCUT2D eigenvalue weighted by Gasteiger charge is 2.16. The Bertz CT molecular complexity index is 334. The van der Waals surface area contributed by atoms with Crippen molar-refractivity contribution in [1.82, 2.24) is 5.32 Å². The molecule has 0 saturated heterocycles. The largest absolute Gasteiger partial charge is 0.319 e. The second kappa shape index (κ2) is 9.08. The number of benzene rings is 1. The Morgan fingerprint density at radius 3 is 2.37 bits per heavy atom. The maximum absolute atomic E-state index is 13.0. The molecule has 0 bridgehead atoms. The van der Waals surface area contributed by atoms with Crippen LogP contribution in [0.2, 0.25) is 0 Å². The molecule has 0 aromatic heterocycles. The van der Waals surface area contributed by atoms with Crippen molar-refractivity contribution in [3.8, 4) is 0 Å². The lowest BCUT2D eigenvalue weighted by molar-refractivity contribution is 0.380. The fraction of sp³-hybridized carbons (Fsp3) is 0.647. The van der Waals surface area contributed by atoms with Crippen molar-refractivity contribution in [2.45, 2.75) is 51.9 Å². The van der Waals surface area contributed by atoms with Gasteiger partial charge in [0.15, 0.2) is 0 Å². The summed E-state index contributed by atoms with van der Waals surface area (Å²) in [6, 6.07) is 7.02. The smallest absolute Gasteiger partial charge is 0.123 e. The van der Waals surface area contributed by atoms with E-state index >= 15 is 0 Å². The first-order chi connectivity index (χ1) is 9.21. The highest BCUT2D eigenvalue weighted by atomic mass is 19.1. The molecule has 2 unspecified atom stereocenters.